The first-order valence-corrected chi connectivity index (χ1v) is 7.00. The maximum atomic E-state index is 11.9. The van der Waals surface area contributed by atoms with E-state index in [0.29, 0.717) is 11.1 Å². The predicted octanol–water partition coefficient (Wildman–Crippen LogP) is 3.16. The number of hydrogen-bond acceptors (Lipinski definition) is 4. The molecule has 2 rings (SSSR count). The third kappa shape index (κ3) is 3.91. The summed E-state index contributed by atoms with van der Waals surface area (Å²) in [4.78, 5) is 15.5. The molecule has 0 aliphatic carbocycles. The van der Waals surface area contributed by atoms with Gasteiger partial charge in [0.15, 0.2) is 0 Å². The van der Waals surface area contributed by atoms with Crippen LogP contribution in [0.25, 0.3) is 10.8 Å². The second-order valence-electron chi connectivity index (χ2n) is 4.66. The third-order valence-corrected chi connectivity index (χ3v) is 3.24. The zero-order valence-corrected chi connectivity index (χ0v) is 12.7. The van der Waals surface area contributed by atoms with E-state index >= 15 is 0 Å². The molecule has 0 aliphatic rings. The lowest BCUT2D eigenvalue weighted by molar-refractivity contribution is -0.117. The lowest BCUT2D eigenvalue weighted by Gasteiger charge is -2.05. The molecule has 0 fully saturated rings. The van der Waals surface area contributed by atoms with E-state index in [4.69, 9.17) is 0 Å². The molecule has 0 spiro atoms. The van der Waals surface area contributed by atoms with Crippen LogP contribution in [0.15, 0.2) is 70.4 Å². The van der Waals surface area contributed by atoms with Crippen LogP contribution >= 0.6 is 0 Å². The summed E-state index contributed by atoms with van der Waals surface area (Å²) in [6.45, 7) is 5.05. The van der Waals surface area contributed by atoms with Crippen molar-refractivity contribution in [3.63, 3.8) is 0 Å². The summed E-state index contributed by atoms with van der Waals surface area (Å²) in [5, 5.41) is 15.8. The zero-order chi connectivity index (χ0) is 16.7. The average molecular weight is 307 g/mol. The highest BCUT2D eigenvalue weighted by Crippen LogP contribution is 2.25. The van der Waals surface area contributed by atoms with E-state index in [1.807, 2.05) is 30.3 Å². The normalized spacial score (nSPS) is 12.1. The van der Waals surface area contributed by atoms with Crippen LogP contribution in [-0.4, -0.2) is 23.9 Å². The molecule has 5 nitrogen and oxygen atoms in total. The Morgan fingerprint density at radius 1 is 1.26 bits per heavy atom. The first-order valence-electron chi connectivity index (χ1n) is 7.00. The number of carbonyl (C=O) groups is 1. The van der Waals surface area contributed by atoms with Gasteiger partial charge in [-0.15, -0.1) is 0 Å². The molecule has 0 radical (unpaired) electrons. The quantitative estimate of drug-likeness (QED) is 0.385. The lowest BCUT2D eigenvalue weighted by atomic mass is 10.0. The molecule has 0 atom stereocenters. The van der Waals surface area contributed by atoms with Gasteiger partial charge in [-0.1, -0.05) is 36.4 Å². The fourth-order valence-electron chi connectivity index (χ4n) is 2.08. The maximum absolute atomic E-state index is 11.9. The molecular formula is C18H17N3O2. The van der Waals surface area contributed by atoms with Crippen molar-refractivity contribution < 1.29 is 9.90 Å². The number of benzene rings is 2. The zero-order valence-electron chi connectivity index (χ0n) is 12.7. The first kappa shape index (κ1) is 16.2. The standard InChI is InChI=1S/C18H17N3O2/c1-3-13(10-11-19-2)18(23)21-20-12-16-15-7-5-4-6-14(15)8-9-17(16)22/h3-12,22H,2H2,1H3,(H,21,23)/b11-10-,13-3+,20-12+. The first-order chi connectivity index (χ1) is 11.2. The van der Waals surface area contributed by atoms with E-state index in [1.165, 1.54) is 18.5 Å². The minimum atomic E-state index is -0.372. The lowest BCUT2D eigenvalue weighted by Crippen LogP contribution is -2.18. The summed E-state index contributed by atoms with van der Waals surface area (Å²) in [7, 11) is 0. The van der Waals surface area contributed by atoms with Crippen LogP contribution < -0.4 is 5.43 Å². The van der Waals surface area contributed by atoms with E-state index < -0.39 is 0 Å². The number of carbonyl (C=O) groups excluding carboxylic acids is 1. The number of phenolic OH excluding ortho intramolecular Hbond substituents is 1. The Morgan fingerprint density at radius 3 is 2.78 bits per heavy atom. The number of hydrazone groups is 1. The van der Waals surface area contributed by atoms with Gasteiger partial charge in [-0.25, -0.2) is 5.43 Å². The Morgan fingerprint density at radius 2 is 2.04 bits per heavy atom. The molecule has 0 heterocycles. The molecule has 5 heteroatoms. The van der Waals surface area contributed by atoms with Crippen molar-refractivity contribution >= 4 is 29.6 Å². The van der Waals surface area contributed by atoms with Crippen LogP contribution in [0.1, 0.15) is 12.5 Å². The van der Waals surface area contributed by atoms with Gasteiger partial charge in [-0.2, -0.15) is 5.10 Å². The number of fused-ring (bicyclic) bond motifs is 1. The Bertz CT molecular complexity index is 820. The topological polar surface area (TPSA) is 74.0 Å². The molecule has 0 aromatic heterocycles. The van der Waals surface area contributed by atoms with Crippen LogP contribution in [0.2, 0.25) is 0 Å². The van der Waals surface area contributed by atoms with Gasteiger partial charge in [0, 0.05) is 17.3 Å². The van der Waals surface area contributed by atoms with Gasteiger partial charge < -0.3 is 5.11 Å². The molecule has 0 saturated carbocycles. The predicted molar refractivity (Wildman–Crippen MR) is 93.8 cm³/mol. The summed E-state index contributed by atoms with van der Waals surface area (Å²) in [6.07, 6.45) is 6.03. The van der Waals surface area contributed by atoms with Crippen molar-refractivity contribution in [1.29, 1.82) is 0 Å². The molecule has 1 amide bonds. The van der Waals surface area contributed by atoms with Crippen molar-refractivity contribution in [3.05, 3.63) is 65.9 Å². The highest BCUT2D eigenvalue weighted by molar-refractivity contribution is 6.03. The summed E-state index contributed by atoms with van der Waals surface area (Å²) in [6, 6.07) is 11.0. The van der Waals surface area contributed by atoms with Gasteiger partial charge in [-0.3, -0.25) is 9.79 Å². The van der Waals surface area contributed by atoms with Crippen LogP contribution in [0.4, 0.5) is 0 Å². The van der Waals surface area contributed by atoms with Gasteiger partial charge in [0.2, 0.25) is 0 Å². The highest BCUT2D eigenvalue weighted by atomic mass is 16.3. The molecule has 2 aromatic rings. The number of nitrogens with one attached hydrogen (secondary N) is 1. The second-order valence-corrected chi connectivity index (χ2v) is 4.66. The van der Waals surface area contributed by atoms with Gasteiger partial charge >= 0.3 is 0 Å². The van der Waals surface area contributed by atoms with Crippen LogP contribution in [0.5, 0.6) is 5.75 Å². The summed E-state index contributed by atoms with van der Waals surface area (Å²) < 4.78 is 0. The SMILES string of the molecule is C=N/C=C\C(=C/C)C(=O)N/N=C/c1c(O)ccc2ccccc12. The largest absolute Gasteiger partial charge is 0.507 e. The van der Waals surface area contributed by atoms with Crippen molar-refractivity contribution in [2.75, 3.05) is 0 Å². The number of aromatic hydroxyl groups is 1. The Hall–Kier alpha value is -3.21. The van der Waals surface area contributed by atoms with Crippen LogP contribution in [-0.2, 0) is 4.79 Å². The number of nitrogens with zero attached hydrogens (tertiary/aromatic N) is 2. The number of phenols is 1. The molecule has 0 bridgehead atoms. The Balaban J connectivity index is 2.21. The smallest absolute Gasteiger partial charge is 0.271 e. The monoisotopic (exact) mass is 307 g/mol. The van der Waals surface area contributed by atoms with E-state index in [0.717, 1.165) is 10.8 Å². The van der Waals surface area contributed by atoms with Crippen molar-refractivity contribution in [2.45, 2.75) is 6.92 Å². The van der Waals surface area contributed by atoms with Crippen molar-refractivity contribution in [2.24, 2.45) is 10.1 Å². The summed E-state index contributed by atoms with van der Waals surface area (Å²) in [5.74, 6) is -0.271. The van der Waals surface area contributed by atoms with Gasteiger partial charge in [0.05, 0.1) is 6.21 Å². The summed E-state index contributed by atoms with van der Waals surface area (Å²) >= 11 is 0. The average Bonchev–Trinajstić information content (AvgIpc) is 2.57. The minimum Gasteiger partial charge on any atom is -0.507 e. The van der Waals surface area contributed by atoms with Gasteiger partial charge in [0.1, 0.15) is 5.75 Å². The summed E-state index contributed by atoms with van der Waals surface area (Å²) in [5.41, 5.74) is 3.38. The van der Waals surface area contributed by atoms with Gasteiger partial charge in [0.25, 0.3) is 5.91 Å². The van der Waals surface area contributed by atoms with E-state index in [-0.39, 0.29) is 11.7 Å². The third-order valence-electron chi connectivity index (χ3n) is 3.24. The highest BCUT2D eigenvalue weighted by Gasteiger charge is 2.06. The van der Waals surface area contributed by atoms with Crippen molar-refractivity contribution in [3.8, 4) is 5.75 Å². The van der Waals surface area contributed by atoms with Crippen LogP contribution in [0, 0.1) is 0 Å². The number of allylic oxidation sites excluding steroid dienone is 1. The second kappa shape index (κ2) is 7.70. The molecular weight excluding hydrogens is 290 g/mol. The van der Waals surface area contributed by atoms with E-state index in [2.05, 4.69) is 22.2 Å². The molecule has 0 aliphatic heterocycles. The number of amides is 1. The Labute approximate surface area is 134 Å². The van der Waals surface area contributed by atoms with Crippen LogP contribution in [0.3, 0.4) is 0 Å². The van der Waals surface area contributed by atoms with Crippen molar-refractivity contribution in [1.82, 2.24) is 5.43 Å². The maximum Gasteiger partial charge on any atom is 0.271 e. The minimum absolute atomic E-state index is 0.101. The number of rotatable bonds is 5. The molecule has 2 N–H and O–H groups in total. The number of hydrogen-bond donors (Lipinski definition) is 2. The molecule has 0 saturated heterocycles. The molecule has 2 aromatic carbocycles. The van der Waals surface area contributed by atoms with Gasteiger partial charge in [-0.05, 0) is 36.6 Å². The van der Waals surface area contributed by atoms with E-state index in [1.54, 1.807) is 19.1 Å². The fraction of sp³-hybridized carbons (Fsp3) is 0.0556. The number of aliphatic imine (C=N–C) groups is 1. The molecule has 116 valence electrons. The molecule has 23 heavy (non-hydrogen) atoms. The fourth-order valence-corrected chi connectivity index (χ4v) is 2.08. The van der Waals surface area contributed by atoms with E-state index in [9.17, 15) is 9.90 Å². The molecule has 0 unspecified atom stereocenters. The Kier molecular flexibility index (Phi) is 5.41.